The molecule has 5 nitrogen and oxygen atoms in total. The summed E-state index contributed by atoms with van der Waals surface area (Å²) in [5.41, 5.74) is -1.04. The van der Waals surface area contributed by atoms with Crippen LogP contribution in [-0.2, 0) is 0 Å². The van der Waals surface area contributed by atoms with E-state index in [0.717, 1.165) is 7.11 Å². The Morgan fingerprint density at radius 2 is 1.35 bits per heavy atom. The Morgan fingerprint density at radius 3 is 1.90 bits per heavy atom. The average molecular weight is 453 g/mol. The minimum Gasteiger partial charge on any atom is -0.491 e. The van der Waals surface area contributed by atoms with E-state index in [9.17, 15) is 27.2 Å². The molecule has 0 fully saturated rings. The summed E-state index contributed by atoms with van der Waals surface area (Å²) in [5, 5.41) is 4.90. The molecule has 0 bridgehead atoms. The number of hydrogen-bond donors (Lipinski definition) is 2. The van der Waals surface area contributed by atoms with E-state index in [4.69, 9.17) is 11.6 Å². The van der Waals surface area contributed by atoms with Gasteiger partial charge in [0.25, 0.3) is 11.8 Å². The normalized spacial score (nSPS) is 10.5. The zero-order valence-electron chi connectivity index (χ0n) is 15.7. The Kier molecular flexibility index (Phi) is 6.45. The molecule has 0 aromatic heterocycles. The molecule has 0 aliphatic heterocycles. The standard InChI is InChI=1S/C21H13ClF4N2O3/c1-31-19-17(25)15(23)14(16(24)18(19)26)21(30)28-11-6-4-5-10(9-11)27-20(29)12-7-2-3-8-13(12)22/h2-9H,1H3,(H,27,29)(H,28,30). The van der Waals surface area contributed by atoms with Crippen molar-refractivity contribution in [3.63, 3.8) is 0 Å². The number of nitrogens with one attached hydrogen (secondary N) is 2. The molecule has 0 saturated heterocycles. The highest BCUT2D eigenvalue weighted by molar-refractivity contribution is 6.34. The summed E-state index contributed by atoms with van der Waals surface area (Å²) >= 11 is 5.97. The van der Waals surface area contributed by atoms with E-state index in [1.807, 2.05) is 0 Å². The van der Waals surface area contributed by atoms with Gasteiger partial charge in [0.05, 0.1) is 17.7 Å². The summed E-state index contributed by atoms with van der Waals surface area (Å²) in [7, 11) is 0.822. The first-order valence-electron chi connectivity index (χ1n) is 8.61. The second-order valence-electron chi connectivity index (χ2n) is 6.13. The van der Waals surface area contributed by atoms with Crippen molar-refractivity contribution in [2.45, 2.75) is 0 Å². The molecular formula is C21H13ClF4N2O3. The van der Waals surface area contributed by atoms with Crippen molar-refractivity contribution < 1.29 is 31.9 Å². The highest BCUT2D eigenvalue weighted by Crippen LogP contribution is 2.30. The van der Waals surface area contributed by atoms with Crippen LogP contribution in [0.4, 0.5) is 28.9 Å². The van der Waals surface area contributed by atoms with E-state index >= 15 is 0 Å². The van der Waals surface area contributed by atoms with Crippen LogP contribution in [0.3, 0.4) is 0 Å². The number of carbonyl (C=O) groups is 2. The largest absolute Gasteiger partial charge is 0.491 e. The van der Waals surface area contributed by atoms with Crippen LogP contribution in [0.5, 0.6) is 5.75 Å². The van der Waals surface area contributed by atoms with Crippen molar-refractivity contribution in [2.24, 2.45) is 0 Å². The lowest BCUT2D eigenvalue weighted by Crippen LogP contribution is -2.19. The van der Waals surface area contributed by atoms with Crippen LogP contribution in [0.25, 0.3) is 0 Å². The molecule has 0 spiro atoms. The predicted octanol–water partition coefficient (Wildman–Crippen LogP) is 5.41. The molecule has 0 saturated carbocycles. The highest BCUT2D eigenvalue weighted by Gasteiger charge is 2.30. The van der Waals surface area contributed by atoms with Crippen molar-refractivity contribution in [1.82, 2.24) is 0 Å². The zero-order chi connectivity index (χ0) is 22.7. The molecule has 10 heteroatoms. The maximum Gasteiger partial charge on any atom is 0.261 e. The molecule has 3 aromatic rings. The van der Waals surface area contributed by atoms with Gasteiger partial charge in [-0.05, 0) is 30.3 Å². The molecule has 31 heavy (non-hydrogen) atoms. The van der Waals surface area contributed by atoms with Crippen molar-refractivity contribution >= 4 is 34.8 Å². The first kappa shape index (κ1) is 22.1. The molecule has 0 radical (unpaired) electrons. The van der Waals surface area contributed by atoms with Gasteiger partial charge in [-0.15, -0.1) is 0 Å². The topological polar surface area (TPSA) is 67.4 Å². The molecule has 160 valence electrons. The maximum absolute atomic E-state index is 14.1. The quantitative estimate of drug-likeness (QED) is 0.402. The molecule has 0 atom stereocenters. The van der Waals surface area contributed by atoms with E-state index in [0.29, 0.717) is 0 Å². The summed E-state index contributed by atoms with van der Waals surface area (Å²) in [4.78, 5) is 24.6. The van der Waals surface area contributed by atoms with E-state index in [-0.39, 0.29) is 22.0 Å². The van der Waals surface area contributed by atoms with Crippen LogP contribution in [0.2, 0.25) is 5.02 Å². The van der Waals surface area contributed by atoms with Crippen LogP contribution in [0.1, 0.15) is 20.7 Å². The Hall–Kier alpha value is -3.59. The van der Waals surface area contributed by atoms with Crippen molar-refractivity contribution in [3.8, 4) is 5.75 Å². The first-order chi connectivity index (χ1) is 14.7. The lowest BCUT2D eigenvalue weighted by atomic mass is 10.1. The van der Waals surface area contributed by atoms with Crippen molar-refractivity contribution in [2.75, 3.05) is 17.7 Å². The molecule has 3 rings (SSSR count). The summed E-state index contributed by atoms with van der Waals surface area (Å²) in [6.45, 7) is 0. The fourth-order valence-electron chi connectivity index (χ4n) is 2.70. The SMILES string of the molecule is COc1c(F)c(F)c(C(=O)Nc2cccc(NC(=O)c3ccccc3Cl)c2)c(F)c1F. The van der Waals surface area contributed by atoms with Gasteiger partial charge in [-0.1, -0.05) is 29.8 Å². The molecule has 2 N–H and O–H groups in total. The first-order valence-corrected chi connectivity index (χ1v) is 8.99. The van der Waals surface area contributed by atoms with Gasteiger partial charge in [0.15, 0.2) is 17.4 Å². The van der Waals surface area contributed by atoms with E-state index in [1.54, 1.807) is 12.1 Å². The van der Waals surface area contributed by atoms with Gasteiger partial charge < -0.3 is 15.4 Å². The van der Waals surface area contributed by atoms with Crippen LogP contribution >= 0.6 is 11.6 Å². The Labute approximate surface area is 178 Å². The van der Waals surface area contributed by atoms with Gasteiger partial charge in [0, 0.05) is 11.4 Å². The molecular weight excluding hydrogens is 440 g/mol. The van der Waals surface area contributed by atoms with Crippen LogP contribution < -0.4 is 15.4 Å². The maximum atomic E-state index is 14.1. The fourth-order valence-corrected chi connectivity index (χ4v) is 2.92. The average Bonchev–Trinajstić information content (AvgIpc) is 2.73. The number of carbonyl (C=O) groups excluding carboxylic acids is 2. The van der Waals surface area contributed by atoms with Gasteiger partial charge in [-0.2, -0.15) is 8.78 Å². The third kappa shape index (κ3) is 4.46. The third-order valence-corrected chi connectivity index (χ3v) is 4.48. The summed E-state index contributed by atoms with van der Waals surface area (Å²) < 4.78 is 60.3. The minimum absolute atomic E-state index is 0.00241. The monoisotopic (exact) mass is 452 g/mol. The van der Waals surface area contributed by atoms with Gasteiger partial charge >= 0.3 is 0 Å². The smallest absolute Gasteiger partial charge is 0.261 e. The van der Waals surface area contributed by atoms with E-state index in [2.05, 4.69) is 15.4 Å². The van der Waals surface area contributed by atoms with Crippen molar-refractivity contribution in [1.29, 1.82) is 0 Å². The predicted molar refractivity (Wildman–Crippen MR) is 107 cm³/mol. The number of halogens is 5. The molecule has 0 aliphatic carbocycles. The van der Waals surface area contributed by atoms with Gasteiger partial charge in [-0.25, -0.2) is 8.78 Å². The minimum atomic E-state index is -1.91. The second kappa shape index (κ2) is 9.05. The summed E-state index contributed by atoms with van der Waals surface area (Å²) in [6, 6.07) is 11.8. The Balaban J connectivity index is 1.84. The second-order valence-corrected chi connectivity index (χ2v) is 6.54. The molecule has 0 unspecified atom stereocenters. The number of amides is 2. The van der Waals surface area contributed by atoms with Crippen LogP contribution in [-0.4, -0.2) is 18.9 Å². The lowest BCUT2D eigenvalue weighted by Gasteiger charge is -2.12. The number of ether oxygens (including phenoxy) is 1. The number of anilines is 2. The van der Waals surface area contributed by atoms with E-state index < -0.39 is 46.4 Å². The fraction of sp³-hybridized carbons (Fsp3) is 0.0476. The summed E-state index contributed by atoms with van der Waals surface area (Å²) in [6.07, 6.45) is 0. The zero-order valence-corrected chi connectivity index (χ0v) is 16.5. The number of rotatable bonds is 5. The van der Waals surface area contributed by atoms with Gasteiger partial charge in [-0.3, -0.25) is 9.59 Å². The number of methoxy groups -OCH3 is 1. The third-order valence-electron chi connectivity index (χ3n) is 4.15. The van der Waals surface area contributed by atoms with Crippen molar-refractivity contribution in [3.05, 3.63) is 87.9 Å². The highest BCUT2D eigenvalue weighted by atomic mass is 35.5. The number of hydrogen-bond acceptors (Lipinski definition) is 3. The molecule has 3 aromatic carbocycles. The van der Waals surface area contributed by atoms with E-state index in [1.165, 1.54) is 36.4 Å². The molecule has 0 aliphatic rings. The van der Waals surface area contributed by atoms with Crippen LogP contribution in [0, 0.1) is 23.3 Å². The lowest BCUT2D eigenvalue weighted by molar-refractivity contribution is 0.101. The molecule has 2 amide bonds. The Morgan fingerprint density at radius 1 is 0.806 bits per heavy atom. The van der Waals surface area contributed by atoms with Gasteiger partial charge in [0.1, 0.15) is 5.56 Å². The molecule has 0 heterocycles. The number of benzene rings is 3. The summed E-state index contributed by atoms with van der Waals surface area (Å²) in [5.74, 6) is -10.8. The van der Waals surface area contributed by atoms with Gasteiger partial charge in [0.2, 0.25) is 11.6 Å². The van der Waals surface area contributed by atoms with Crippen LogP contribution in [0.15, 0.2) is 48.5 Å². The Bertz CT molecular complexity index is 1160.